The monoisotopic (exact) mass is 445 g/mol. The second-order valence-corrected chi connectivity index (χ2v) is 7.58. The van der Waals surface area contributed by atoms with Crippen molar-refractivity contribution in [1.82, 2.24) is 9.55 Å². The van der Waals surface area contributed by atoms with Gasteiger partial charge in [0.05, 0.1) is 11.8 Å². The third-order valence-electron chi connectivity index (χ3n) is 4.52. The normalized spacial score (nSPS) is 24.5. The number of nitrogens with zero attached hydrogens (tertiary/aromatic N) is 2. The summed E-state index contributed by atoms with van der Waals surface area (Å²) in [6, 6.07) is 1.14. The number of anilines is 1. The SMILES string of the molecule is C.C=C[C@]1(COC(=O)C(C)C)O[C@@H](n2ccc(N)nc2=O)C(F)(F)[C@@H]1OC(=O)C(C)C. The summed E-state index contributed by atoms with van der Waals surface area (Å²) in [7, 11) is 0. The number of nitrogens with two attached hydrogens (primary N) is 1. The quantitative estimate of drug-likeness (QED) is 0.501. The van der Waals surface area contributed by atoms with E-state index in [2.05, 4.69) is 11.6 Å². The fourth-order valence-electron chi connectivity index (χ4n) is 2.75. The third-order valence-corrected chi connectivity index (χ3v) is 4.52. The number of nitrogen functional groups attached to an aromatic ring is 1. The van der Waals surface area contributed by atoms with Gasteiger partial charge in [-0.05, 0) is 6.07 Å². The minimum atomic E-state index is -3.90. The average Bonchev–Trinajstić information content (AvgIpc) is 2.87. The highest BCUT2D eigenvalue weighted by Crippen LogP contribution is 2.50. The molecule has 9 nitrogen and oxygen atoms in total. The minimum Gasteiger partial charge on any atom is -0.462 e. The van der Waals surface area contributed by atoms with E-state index in [0.29, 0.717) is 4.57 Å². The Bertz CT molecular complexity index is 886. The van der Waals surface area contributed by atoms with Crippen molar-refractivity contribution < 1.29 is 32.6 Å². The van der Waals surface area contributed by atoms with Gasteiger partial charge in [0.25, 0.3) is 0 Å². The molecule has 0 bridgehead atoms. The molecule has 11 heteroatoms. The zero-order valence-electron chi connectivity index (χ0n) is 17.1. The predicted octanol–water partition coefficient (Wildman–Crippen LogP) is 2.32. The van der Waals surface area contributed by atoms with Crippen LogP contribution < -0.4 is 11.4 Å². The van der Waals surface area contributed by atoms with Crippen molar-refractivity contribution >= 4 is 17.8 Å². The summed E-state index contributed by atoms with van der Waals surface area (Å²) in [4.78, 5) is 39.6. The van der Waals surface area contributed by atoms with Gasteiger partial charge in [-0.25, -0.2) is 4.79 Å². The van der Waals surface area contributed by atoms with E-state index in [9.17, 15) is 14.4 Å². The maximum atomic E-state index is 15.4. The Morgan fingerprint density at radius 1 is 1.32 bits per heavy atom. The van der Waals surface area contributed by atoms with Crippen molar-refractivity contribution in [2.75, 3.05) is 12.3 Å². The van der Waals surface area contributed by atoms with Crippen LogP contribution in [0.5, 0.6) is 0 Å². The molecular formula is C20H29F2N3O6. The van der Waals surface area contributed by atoms with Crippen LogP contribution in [0.4, 0.5) is 14.6 Å². The molecule has 174 valence electrons. The van der Waals surface area contributed by atoms with E-state index < -0.39 is 59.9 Å². The van der Waals surface area contributed by atoms with Crippen molar-refractivity contribution in [1.29, 1.82) is 0 Å². The lowest BCUT2D eigenvalue weighted by atomic mass is 9.94. The summed E-state index contributed by atoms with van der Waals surface area (Å²) in [5.41, 5.74) is 2.22. The molecule has 31 heavy (non-hydrogen) atoms. The number of ether oxygens (including phenoxy) is 3. The summed E-state index contributed by atoms with van der Waals surface area (Å²) >= 11 is 0. The lowest BCUT2D eigenvalue weighted by molar-refractivity contribution is -0.183. The molecule has 0 unspecified atom stereocenters. The molecule has 1 aromatic heterocycles. The fraction of sp³-hybridized carbons (Fsp3) is 0.600. The predicted molar refractivity (Wildman–Crippen MR) is 108 cm³/mol. The van der Waals surface area contributed by atoms with Crippen LogP contribution in [0.3, 0.4) is 0 Å². The van der Waals surface area contributed by atoms with Gasteiger partial charge < -0.3 is 19.9 Å². The number of carbonyl (C=O) groups is 2. The van der Waals surface area contributed by atoms with Gasteiger partial charge in [0.15, 0.2) is 5.60 Å². The topological polar surface area (TPSA) is 123 Å². The highest BCUT2D eigenvalue weighted by atomic mass is 19.3. The lowest BCUT2D eigenvalue weighted by Gasteiger charge is -2.31. The van der Waals surface area contributed by atoms with Gasteiger partial charge >= 0.3 is 23.6 Å². The number of esters is 2. The number of carbonyl (C=O) groups excluding carboxylic acids is 2. The largest absolute Gasteiger partial charge is 0.462 e. The molecule has 0 aliphatic carbocycles. The summed E-state index contributed by atoms with van der Waals surface area (Å²) in [6.45, 7) is 8.86. The molecule has 0 saturated carbocycles. The van der Waals surface area contributed by atoms with Gasteiger partial charge in [-0.3, -0.25) is 14.2 Å². The van der Waals surface area contributed by atoms with Gasteiger partial charge in [-0.1, -0.05) is 47.8 Å². The lowest BCUT2D eigenvalue weighted by Crippen LogP contribution is -2.51. The van der Waals surface area contributed by atoms with Crippen LogP contribution in [0.2, 0.25) is 0 Å². The molecule has 2 N–H and O–H groups in total. The summed E-state index contributed by atoms with van der Waals surface area (Å²) < 4.78 is 47.0. The molecule has 0 aromatic carbocycles. The zero-order chi connectivity index (χ0) is 22.9. The Morgan fingerprint density at radius 2 is 1.90 bits per heavy atom. The van der Waals surface area contributed by atoms with Crippen molar-refractivity contribution in [2.45, 2.75) is 59.0 Å². The fourth-order valence-corrected chi connectivity index (χ4v) is 2.75. The zero-order valence-corrected chi connectivity index (χ0v) is 17.1. The van der Waals surface area contributed by atoms with Crippen LogP contribution in [0.25, 0.3) is 0 Å². The number of hydrogen-bond acceptors (Lipinski definition) is 8. The van der Waals surface area contributed by atoms with Gasteiger partial charge in [0.2, 0.25) is 12.3 Å². The number of alkyl halides is 2. The highest BCUT2D eigenvalue weighted by molar-refractivity contribution is 5.72. The summed E-state index contributed by atoms with van der Waals surface area (Å²) in [5.74, 6) is -6.92. The van der Waals surface area contributed by atoms with E-state index in [0.717, 1.165) is 18.3 Å². The van der Waals surface area contributed by atoms with Gasteiger partial charge in [0.1, 0.15) is 12.4 Å². The van der Waals surface area contributed by atoms with Crippen LogP contribution in [0.1, 0.15) is 41.3 Å². The summed E-state index contributed by atoms with van der Waals surface area (Å²) in [5, 5.41) is 0. The maximum Gasteiger partial charge on any atom is 0.351 e. The van der Waals surface area contributed by atoms with E-state index >= 15 is 8.78 Å². The van der Waals surface area contributed by atoms with Crippen molar-refractivity contribution in [3.05, 3.63) is 35.4 Å². The smallest absolute Gasteiger partial charge is 0.351 e. The molecule has 2 heterocycles. The molecule has 1 fully saturated rings. The number of rotatable bonds is 7. The molecule has 1 aliphatic heterocycles. The Kier molecular flexibility index (Phi) is 8.07. The Balaban J connectivity index is 0.00000480. The molecular weight excluding hydrogens is 416 g/mol. The van der Waals surface area contributed by atoms with Gasteiger partial charge in [-0.15, -0.1) is 0 Å². The van der Waals surface area contributed by atoms with Crippen molar-refractivity contribution in [3.8, 4) is 0 Å². The van der Waals surface area contributed by atoms with Crippen LogP contribution >= 0.6 is 0 Å². The first-order valence-corrected chi connectivity index (χ1v) is 9.26. The Labute approximate surface area is 179 Å². The average molecular weight is 445 g/mol. The first-order valence-electron chi connectivity index (χ1n) is 9.26. The minimum absolute atomic E-state index is 0. The van der Waals surface area contributed by atoms with Gasteiger partial charge in [0, 0.05) is 6.20 Å². The standard InChI is InChI=1S/C19H25F2N3O6.CH4/c1-6-18(9-28-13(25)10(2)3)15(29-14(26)11(4)5)19(20,21)16(30-18)24-8-7-12(22)23-17(24)27;/h6-8,10-11,15-16H,1,9H2,2-5H3,(H2,22,23,27);1H4/t15-,16-,18-;/m1./s1. The van der Waals surface area contributed by atoms with Crippen molar-refractivity contribution in [3.63, 3.8) is 0 Å². The Hall–Kier alpha value is -2.82. The van der Waals surface area contributed by atoms with E-state index in [1.54, 1.807) is 13.8 Å². The highest BCUT2D eigenvalue weighted by Gasteiger charge is 2.69. The van der Waals surface area contributed by atoms with Crippen LogP contribution in [-0.4, -0.2) is 45.7 Å². The molecule has 1 aliphatic rings. The molecule has 0 spiro atoms. The van der Waals surface area contributed by atoms with E-state index in [1.807, 2.05) is 0 Å². The van der Waals surface area contributed by atoms with E-state index in [-0.39, 0.29) is 13.2 Å². The molecule has 1 saturated heterocycles. The van der Waals surface area contributed by atoms with E-state index in [4.69, 9.17) is 19.9 Å². The molecule has 0 radical (unpaired) electrons. The van der Waals surface area contributed by atoms with Crippen LogP contribution in [0.15, 0.2) is 29.7 Å². The molecule has 1 aromatic rings. The van der Waals surface area contributed by atoms with Crippen molar-refractivity contribution in [2.24, 2.45) is 11.8 Å². The second-order valence-electron chi connectivity index (χ2n) is 7.58. The molecule has 2 rings (SSSR count). The molecule has 0 amide bonds. The van der Waals surface area contributed by atoms with Crippen LogP contribution in [-0.2, 0) is 23.8 Å². The third kappa shape index (κ3) is 5.09. The van der Waals surface area contributed by atoms with Gasteiger partial charge in [-0.2, -0.15) is 13.8 Å². The number of halogens is 2. The number of aromatic nitrogens is 2. The van der Waals surface area contributed by atoms with E-state index in [1.165, 1.54) is 13.8 Å². The second kappa shape index (κ2) is 9.54. The Morgan fingerprint density at radius 3 is 2.39 bits per heavy atom. The molecule has 3 atom stereocenters. The maximum absolute atomic E-state index is 15.4. The van der Waals surface area contributed by atoms with Crippen LogP contribution in [0, 0.1) is 11.8 Å². The first kappa shape index (κ1) is 26.2. The first-order chi connectivity index (χ1) is 13.9. The summed E-state index contributed by atoms with van der Waals surface area (Å²) in [6.07, 6.45) is -2.46. The number of hydrogen-bond donors (Lipinski definition) is 1.